The molecule has 76 valence electrons. The molecule has 0 aliphatic rings. The van der Waals surface area contributed by atoms with Crippen LogP contribution in [0.25, 0.3) is 0 Å². The van der Waals surface area contributed by atoms with Crippen LogP contribution in [0.15, 0.2) is 22.7 Å². The van der Waals surface area contributed by atoms with E-state index >= 15 is 0 Å². The van der Waals surface area contributed by atoms with Gasteiger partial charge in [0.05, 0.1) is 17.0 Å². The van der Waals surface area contributed by atoms with E-state index in [0.717, 1.165) is 0 Å². The summed E-state index contributed by atoms with van der Waals surface area (Å²) in [6, 6.07) is 4.36. The van der Waals surface area contributed by atoms with Crippen LogP contribution in [0, 0.1) is 0 Å². The van der Waals surface area contributed by atoms with Crippen LogP contribution in [0.5, 0.6) is 5.75 Å². The fourth-order valence-corrected chi connectivity index (χ4v) is 1.41. The molecule has 0 radical (unpaired) electrons. The van der Waals surface area contributed by atoms with Crippen molar-refractivity contribution < 1.29 is 20.1 Å². The van der Waals surface area contributed by atoms with Crippen LogP contribution in [0.1, 0.15) is 18.1 Å². The van der Waals surface area contributed by atoms with Crippen molar-refractivity contribution in [1.29, 1.82) is 0 Å². The Balaban J connectivity index is 2.85. The van der Waals surface area contributed by atoms with Crippen LogP contribution >= 0.6 is 15.9 Å². The largest absolute Gasteiger partial charge is 0.507 e. The molecule has 14 heavy (non-hydrogen) atoms. The van der Waals surface area contributed by atoms with Crippen molar-refractivity contribution in [2.45, 2.75) is 12.5 Å². The standard InChI is InChI=1S/C9H9BrO4/c10-6-3-5(1-2-7(6)11)8(12)4-9(13)14/h1-3,8,11-12H,4H2,(H,13,14). The maximum absolute atomic E-state index is 10.3. The fraction of sp³-hybridized carbons (Fsp3) is 0.222. The lowest BCUT2D eigenvalue weighted by Gasteiger charge is -2.08. The number of aliphatic carboxylic acids is 1. The molecule has 0 aliphatic carbocycles. The highest BCUT2D eigenvalue weighted by Gasteiger charge is 2.12. The van der Waals surface area contributed by atoms with Gasteiger partial charge in [-0.25, -0.2) is 0 Å². The van der Waals surface area contributed by atoms with E-state index in [1.807, 2.05) is 0 Å². The van der Waals surface area contributed by atoms with Crippen molar-refractivity contribution in [2.24, 2.45) is 0 Å². The fourth-order valence-electron chi connectivity index (χ4n) is 1.01. The van der Waals surface area contributed by atoms with E-state index in [4.69, 9.17) is 10.2 Å². The Hall–Kier alpha value is -1.07. The zero-order chi connectivity index (χ0) is 10.7. The molecule has 1 rings (SSSR count). The van der Waals surface area contributed by atoms with E-state index < -0.39 is 12.1 Å². The predicted octanol–water partition coefficient (Wildman–Crippen LogP) is 1.66. The minimum absolute atomic E-state index is 0.0521. The Morgan fingerprint density at radius 3 is 2.64 bits per heavy atom. The van der Waals surface area contributed by atoms with Gasteiger partial charge in [-0.2, -0.15) is 0 Å². The SMILES string of the molecule is O=C(O)CC(O)c1ccc(O)c(Br)c1. The molecule has 0 aromatic heterocycles. The minimum Gasteiger partial charge on any atom is -0.507 e. The molecule has 4 nitrogen and oxygen atoms in total. The summed E-state index contributed by atoms with van der Waals surface area (Å²) in [4.78, 5) is 10.3. The summed E-state index contributed by atoms with van der Waals surface area (Å²) >= 11 is 3.07. The number of carboxylic acid groups (broad SMARTS) is 1. The number of aliphatic hydroxyl groups excluding tert-OH is 1. The predicted molar refractivity (Wildman–Crippen MR) is 53.0 cm³/mol. The van der Waals surface area contributed by atoms with Crippen molar-refractivity contribution in [3.63, 3.8) is 0 Å². The Morgan fingerprint density at radius 2 is 2.14 bits per heavy atom. The molecule has 0 saturated heterocycles. The van der Waals surface area contributed by atoms with Gasteiger partial charge in [-0.15, -0.1) is 0 Å². The average Bonchev–Trinajstić information content (AvgIpc) is 2.08. The Morgan fingerprint density at radius 1 is 1.50 bits per heavy atom. The first-order valence-corrected chi connectivity index (χ1v) is 4.68. The van der Waals surface area contributed by atoms with Crippen molar-refractivity contribution in [3.05, 3.63) is 28.2 Å². The van der Waals surface area contributed by atoms with Crippen molar-refractivity contribution in [3.8, 4) is 5.75 Å². The maximum atomic E-state index is 10.3. The number of hydrogen-bond acceptors (Lipinski definition) is 3. The third-order valence-electron chi connectivity index (χ3n) is 1.72. The number of aromatic hydroxyl groups is 1. The summed E-state index contributed by atoms with van der Waals surface area (Å²) in [7, 11) is 0. The van der Waals surface area contributed by atoms with E-state index in [0.29, 0.717) is 10.0 Å². The quantitative estimate of drug-likeness (QED) is 0.773. The van der Waals surface area contributed by atoms with Gasteiger partial charge in [0.15, 0.2) is 0 Å². The second kappa shape index (κ2) is 4.43. The molecule has 0 bridgehead atoms. The molecule has 5 heteroatoms. The van der Waals surface area contributed by atoms with Crippen LogP contribution < -0.4 is 0 Å². The summed E-state index contributed by atoms with van der Waals surface area (Å²) in [6.07, 6.45) is -1.40. The third kappa shape index (κ3) is 2.71. The zero-order valence-corrected chi connectivity index (χ0v) is 8.73. The van der Waals surface area contributed by atoms with Gasteiger partial charge in [-0.05, 0) is 33.6 Å². The average molecular weight is 261 g/mol. The number of halogens is 1. The molecule has 0 fully saturated rings. The van der Waals surface area contributed by atoms with Gasteiger partial charge in [0.1, 0.15) is 5.75 Å². The lowest BCUT2D eigenvalue weighted by atomic mass is 10.1. The smallest absolute Gasteiger partial charge is 0.306 e. The summed E-state index contributed by atoms with van der Waals surface area (Å²) in [5.74, 6) is -1.02. The number of carbonyl (C=O) groups is 1. The molecular weight excluding hydrogens is 252 g/mol. The van der Waals surface area contributed by atoms with E-state index in [2.05, 4.69) is 15.9 Å². The van der Waals surface area contributed by atoms with Crippen molar-refractivity contribution in [2.75, 3.05) is 0 Å². The first-order chi connectivity index (χ1) is 6.50. The lowest BCUT2D eigenvalue weighted by molar-refractivity contribution is -0.139. The molecule has 0 amide bonds. The number of phenols is 1. The van der Waals surface area contributed by atoms with E-state index in [-0.39, 0.29) is 12.2 Å². The second-order valence-electron chi connectivity index (χ2n) is 2.82. The Labute approximate surface area is 88.9 Å². The van der Waals surface area contributed by atoms with E-state index in [1.54, 1.807) is 0 Å². The van der Waals surface area contributed by atoms with Crippen molar-refractivity contribution >= 4 is 21.9 Å². The van der Waals surface area contributed by atoms with Crippen LogP contribution in [-0.2, 0) is 4.79 Å². The van der Waals surface area contributed by atoms with Crippen LogP contribution in [0.4, 0.5) is 0 Å². The highest BCUT2D eigenvalue weighted by atomic mass is 79.9. The third-order valence-corrected chi connectivity index (χ3v) is 2.36. The molecule has 1 aromatic carbocycles. The molecule has 3 N–H and O–H groups in total. The molecule has 0 aliphatic heterocycles. The number of benzene rings is 1. The molecule has 0 saturated carbocycles. The van der Waals surface area contributed by atoms with Crippen LogP contribution in [0.3, 0.4) is 0 Å². The topological polar surface area (TPSA) is 77.8 Å². The van der Waals surface area contributed by atoms with Gasteiger partial charge in [-0.1, -0.05) is 6.07 Å². The molecular formula is C9H9BrO4. The maximum Gasteiger partial charge on any atom is 0.306 e. The van der Waals surface area contributed by atoms with E-state index in [1.165, 1.54) is 18.2 Å². The minimum atomic E-state index is -1.07. The Kier molecular flexibility index (Phi) is 3.49. The number of aliphatic hydroxyl groups is 1. The number of phenolic OH excluding ortho intramolecular Hbond substituents is 1. The number of carboxylic acids is 1. The van der Waals surface area contributed by atoms with Crippen molar-refractivity contribution in [1.82, 2.24) is 0 Å². The molecule has 0 spiro atoms. The first-order valence-electron chi connectivity index (χ1n) is 3.89. The molecule has 0 heterocycles. The van der Waals surface area contributed by atoms with Gasteiger partial charge in [-0.3, -0.25) is 4.79 Å². The summed E-state index contributed by atoms with van der Waals surface area (Å²) in [6.45, 7) is 0. The highest BCUT2D eigenvalue weighted by Crippen LogP contribution is 2.27. The zero-order valence-electron chi connectivity index (χ0n) is 7.14. The van der Waals surface area contributed by atoms with Gasteiger partial charge in [0.2, 0.25) is 0 Å². The highest BCUT2D eigenvalue weighted by molar-refractivity contribution is 9.10. The lowest BCUT2D eigenvalue weighted by Crippen LogP contribution is -2.05. The summed E-state index contributed by atoms with van der Waals surface area (Å²) in [5, 5.41) is 27.0. The second-order valence-corrected chi connectivity index (χ2v) is 3.68. The monoisotopic (exact) mass is 260 g/mol. The van der Waals surface area contributed by atoms with Gasteiger partial charge < -0.3 is 15.3 Å². The van der Waals surface area contributed by atoms with E-state index in [9.17, 15) is 9.90 Å². The van der Waals surface area contributed by atoms with Crippen LogP contribution in [0.2, 0.25) is 0 Å². The normalized spacial score (nSPS) is 12.4. The molecule has 1 unspecified atom stereocenters. The number of hydrogen-bond donors (Lipinski definition) is 3. The number of rotatable bonds is 3. The summed E-state index contributed by atoms with van der Waals surface area (Å²) in [5.41, 5.74) is 0.456. The molecule has 1 aromatic rings. The van der Waals surface area contributed by atoms with Gasteiger partial charge >= 0.3 is 5.97 Å². The summed E-state index contributed by atoms with van der Waals surface area (Å²) < 4.78 is 0.430. The van der Waals surface area contributed by atoms with Gasteiger partial charge in [0, 0.05) is 0 Å². The Bertz CT molecular complexity index is 351. The van der Waals surface area contributed by atoms with Gasteiger partial charge in [0.25, 0.3) is 0 Å². The molecule has 1 atom stereocenters. The van der Waals surface area contributed by atoms with Crippen LogP contribution in [-0.4, -0.2) is 21.3 Å². The first kappa shape index (κ1) is 11.0.